The lowest BCUT2D eigenvalue weighted by atomic mass is 10.1. The molecule has 2 heterocycles. The minimum absolute atomic E-state index is 0.0819. The number of aromatic nitrogens is 2. The maximum atomic E-state index is 13.0. The van der Waals surface area contributed by atoms with Gasteiger partial charge in [0.2, 0.25) is 0 Å². The summed E-state index contributed by atoms with van der Waals surface area (Å²) in [4.78, 5) is 17.8. The number of hydrogen-bond donors (Lipinski definition) is 2. The lowest BCUT2D eigenvalue weighted by molar-refractivity contribution is 0.0902. The topological polar surface area (TPSA) is 64.3 Å². The first-order valence-corrected chi connectivity index (χ1v) is 11.0. The minimum Gasteiger partial charge on any atom is -0.343 e. The molecule has 2 aromatic carbocycles. The molecule has 0 bridgehead atoms. The van der Waals surface area contributed by atoms with E-state index < -0.39 is 0 Å². The van der Waals surface area contributed by atoms with E-state index in [0.29, 0.717) is 5.69 Å². The van der Waals surface area contributed by atoms with E-state index in [9.17, 15) is 4.79 Å². The van der Waals surface area contributed by atoms with Gasteiger partial charge < -0.3 is 10.2 Å². The first-order valence-electron chi connectivity index (χ1n) is 10.2. The number of hydrogen-bond acceptors (Lipinski definition) is 4. The average Bonchev–Trinajstić information content (AvgIpc) is 3.26. The van der Waals surface area contributed by atoms with Crippen molar-refractivity contribution in [3.8, 4) is 11.3 Å². The lowest BCUT2D eigenvalue weighted by Gasteiger charge is -2.35. The van der Waals surface area contributed by atoms with Crippen LogP contribution in [0.2, 0.25) is 0 Å². The zero-order valence-electron chi connectivity index (χ0n) is 17.0. The summed E-state index contributed by atoms with van der Waals surface area (Å²) in [7, 11) is 2.15. The van der Waals surface area contributed by atoms with E-state index in [1.807, 2.05) is 42.5 Å². The van der Waals surface area contributed by atoms with Crippen molar-refractivity contribution >= 4 is 21.8 Å². The molecule has 0 saturated carbocycles. The number of piperazine rings is 1. The molecule has 30 heavy (non-hydrogen) atoms. The fraction of sp³-hybridized carbons (Fsp3) is 0.304. The molecular formula is C23H26BrN5O. The summed E-state index contributed by atoms with van der Waals surface area (Å²) in [5, 5.41) is 10.4. The van der Waals surface area contributed by atoms with Crippen molar-refractivity contribution in [3.05, 3.63) is 76.4 Å². The van der Waals surface area contributed by atoms with E-state index in [0.717, 1.165) is 54.0 Å². The van der Waals surface area contributed by atoms with Crippen LogP contribution in [0.4, 0.5) is 0 Å². The smallest absolute Gasteiger partial charge is 0.269 e. The molecular weight excluding hydrogens is 442 g/mol. The van der Waals surface area contributed by atoms with Crippen LogP contribution in [-0.4, -0.2) is 65.7 Å². The Bertz CT molecular complexity index is 965. The second kappa shape index (κ2) is 9.55. The Morgan fingerprint density at radius 2 is 1.80 bits per heavy atom. The highest BCUT2D eigenvalue weighted by atomic mass is 79.9. The number of aromatic amines is 1. The van der Waals surface area contributed by atoms with Gasteiger partial charge in [0.25, 0.3) is 5.91 Å². The third-order valence-electron chi connectivity index (χ3n) is 5.51. The molecule has 1 atom stereocenters. The Morgan fingerprint density at radius 1 is 1.10 bits per heavy atom. The van der Waals surface area contributed by atoms with Gasteiger partial charge in [-0.2, -0.15) is 5.10 Å². The summed E-state index contributed by atoms with van der Waals surface area (Å²) in [6.45, 7) is 4.90. The Kier molecular flexibility index (Phi) is 6.62. The Balaban J connectivity index is 1.48. The molecule has 1 fully saturated rings. The van der Waals surface area contributed by atoms with Gasteiger partial charge in [-0.25, -0.2) is 0 Å². The van der Waals surface area contributed by atoms with E-state index >= 15 is 0 Å². The summed E-state index contributed by atoms with van der Waals surface area (Å²) >= 11 is 3.44. The van der Waals surface area contributed by atoms with E-state index in [1.165, 1.54) is 0 Å². The number of carbonyl (C=O) groups excluding carboxylic acids is 1. The first kappa shape index (κ1) is 20.8. The second-order valence-corrected chi connectivity index (χ2v) is 8.63. The van der Waals surface area contributed by atoms with Crippen LogP contribution in [0.5, 0.6) is 0 Å². The molecule has 7 heteroatoms. The molecule has 3 aromatic rings. The van der Waals surface area contributed by atoms with Crippen LogP contribution in [0, 0.1) is 0 Å². The number of benzene rings is 2. The normalized spacial score (nSPS) is 16.3. The molecule has 0 spiro atoms. The number of nitrogens with zero attached hydrogens (tertiary/aromatic N) is 3. The second-order valence-electron chi connectivity index (χ2n) is 7.71. The highest BCUT2D eigenvalue weighted by Crippen LogP contribution is 2.21. The summed E-state index contributed by atoms with van der Waals surface area (Å²) < 4.78 is 1.01. The number of carbonyl (C=O) groups is 1. The molecule has 1 unspecified atom stereocenters. The summed E-state index contributed by atoms with van der Waals surface area (Å²) in [5.74, 6) is -0.145. The largest absolute Gasteiger partial charge is 0.343 e. The van der Waals surface area contributed by atoms with Crippen molar-refractivity contribution in [1.82, 2.24) is 25.3 Å². The van der Waals surface area contributed by atoms with Crippen LogP contribution in [-0.2, 0) is 0 Å². The number of H-pyrrole nitrogens is 1. The van der Waals surface area contributed by atoms with Crippen LogP contribution >= 0.6 is 15.9 Å². The van der Waals surface area contributed by atoms with E-state index in [2.05, 4.69) is 60.4 Å². The van der Waals surface area contributed by atoms with Gasteiger partial charge in [-0.05, 0) is 30.8 Å². The van der Waals surface area contributed by atoms with Crippen molar-refractivity contribution in [2.75, 3.05) is 39.8 Å². The highest BCUT2D eigenvalue weighted by molar-refractivity contribution is 9.10. The standard InChI is InChI=1S/C23H26BrN5O/c1-28-11-13-29(14-12-28)16-22(17-5-3-2-4-6-17)25-23(30)21-15-20(26-27-21)18-7-9-19(24)10-8-18/h2-10,15,22H,11-14,16H2,1H3,(H,25,30)(H,26,27). The van der Waals surface area contributed by atoms with Gasteiger partial charge in [0.05, 0.1) is 11.7 Å². The predicted molar refractivity (Wildman–Crippen MR) is 122 cm³/mol. The van der Waals surface area contributed by atoms with Crippen molar-refractivity contribution in [3.63, 3.8) is 0 Å². The van der Waals surface area contributed by atoms with Crippen LogP contribution < -0.4 is 5.32 Å². The van der Waals surface area contributed by atoms with Gasteiger partial charge in [-0.3, -0.25) is 14.8 Å². The van der Waals surface area contributed by atoms with Gasteiger partial charge in [0.1, 0.15) is 5.69 Å². The zero-order chi connectivity index (χ0) is 20.9. The van der Waals surface area contributed by atoms with Crippen molar-refractivity contribution < 1.29 is 4.79 Å². The fourth-order valence-electron chi connectivity index (χ4n) is 3.65. The zero-order valence-corrected chi connectivity index (χ0v) is 18.6. The minimum atomic E-state index is -0.145. The van der Waals surface area contributed by atoms with Crippen LogP contribution in [0.15, 0.2) is 65.1 Å². The number of nitrogens with one attached hydrogen (secondary N) is 2. The maximum absolute atomic E-state index is 13.0. The summed E-state index contributed by atoms with van der Waals surface area (Å²) in [5.41, 5.74) is 3.29. The Labute approximate surface area is 185 Å². The Hall–Kier alpha value is -2.48. The molecule has 1 amide bonds. The third-order valence-corrected chi connectivity index (χ3v) is 6.04. The molecule has 0 radical (unpaired) electrons. The van der Waals surface area contributed by atoms with Gasteiger partial charge in [0, 0.05) is 42.8 Å². The third kappa shape index (κ3) is 5.16. The van der Waals surface area contributed by atoms with Crippen molar-refractivity contribution in [1.29, 1.82) is 0 Å². The highest BCUT2D eigenvalue weighted by Gasteiger charge is 2.22. The molecule has 4 rings (SSSR count). The molecule has 1 aromatic heterocycles. The van der Waals surface area contributed by atoms with E-state index in [4.69, 9.17) is 0 Å². The van der Waals surface area contributed by atoms with Gasteiger partial charge >= 0.3 is 0 Å². The predicted octanol–water partition coefficient (Wildman–Crippen LogP) is 3.56. The fourth-order valence-corrected chi connectivity index (χ4v) is 3.92. The number of likely N-dealkylation sites (N-methyl/N-ethyl adjacent to an activating group) is 1. The Morgan fingerprint density at radius 3 is 2.50 bits per heavy atom. The maximum Gasteiger partial charge on any atom is 0.269 e. The molecule has 6 nitrogen and oxygen atoms in total. The van der Waals surface area contributed by atoms with Gasteiger partial charge in [0.15, 0.2) is 0 Å². The molecule has 0 aliphatic carbocycles. The first-order chi connectivity index (χ1) is 14.6. The van der Waals surface area contributed by atoms with Gasteiger partial charge in [-0.1, -0.05) is 58.4 Å². The van der Waals surface area contributed by atoms with Crippen molar-refractivity contribution in [2.45, 2.75) is 6.04 Å². The van der Waals surface area contributed by atoms with Crippen molar-refractivity contribution in [2.24, 2.45) is 0 Å². The van der Waals surface area contributed by atoms with Crippen LogP contribution in [0.1, 0.15) is 22.1 Å². The van der Waals surface area contributed by atoms with E-state index in [-0.39, 0.29) is 11.9 Å². The SMILES string of the molecule is CN1CCN(CC(NC(=O)c2cc(-c3ccc(Br)cc3)n[nH]2)c2ccccc2)CC1. The summed E-state index contributed by atoms with van der Waals surface area (Å²) in [6.07, 6.45) is 0. The summed E-state index contributed by atoms with van der Waals surface area (Å²) in [6, 6.07) is 19.8. The van der Waals surface area contributed by atoms with Crippen LogP contribution in [0.3, 0.4) is 0 Å². The van der Waals surface area contributed by atoms with Crippen LogP contribution in [0.25, 0.3) is 11.3 Å². The van der Waals surface area contributed by atoms with E-state index in [1.54, 1.807) is 6.07 Å². The average molecular weight is 468 g/mol. The molecule has 2 N–H and O–H groups in total. The monoisotopic (exact) mass is 467 g/mol. The molecule has 1 aliphatic heterocycles. The number of amides is 1. The van der Waals surface area contributed by atoms with Gasteiger partial charge in [-0.15, -0.1) is 0 Å². The quantitative estimate of drug-likeness (QED) is 0.581. The number of halogens is 1. The lowest BCUT2D eigenvalue weighted by Crippen LogP contribution is -2.47. The molecule has 1 saturated heterocycles. The molecule has 1 aliphatic rings. The number of rotatable bonds is 6. The molecule has 156 valence electrons.